The first kappa shape index (κ1) is 10.5. The molecule has 0 spiro atoms. The maximum atomic E-state index is 11.0. The largest absolute Gasteiger partial charge is 0.352 e. The Hall–Kier alpha value is -1.58. The van der Waals surface area contributed by atoms with Crippen molar-refractivity contribution >= 4 is 5.91 Å². The molecule has 0 fully saturated rings. The van der Waals surface area contributed by atoms with Crippen molar-refractivity contribution in [3.05, 3.63) is 30.4 Å². The third kappa shape index (κ3) is 3.05. The fraction of sp³-hybridized carbons (Fsp3) is 0.400. The normalized spacial score (nSPS) is 10.7. The number of nitrogens with zero attached hydrogens (tertiary/aromatic N) is 2. The molecule has 0 unspecified atom stereocenters. The van der Waals surface area contributed by atoms with E-state index < -0.39 is 0 Å². The summed E-state index contributed by atoms with van der Waals surface area (Å²) in [6, 6.07) is 0. The number of aromatic nitrogens is 2. The van der Waals surface area contributed by atoms with Gasteiger partial charge < -0.3 is 9.88 Å². The molecule has 0 aromatic carbocycles. The SMILES string of the molecule is C/C=C/C(=O)NCCc1nccn1C. The summed E-state index contributed by atoms with van der Waals surface area (Å²) in [5.41, 5.74) is 0. The predicted octanol–water partition coefficient (Wildman–Crippen LogP) is 0.655. The van der Waals surface area contributed by atoms with Gasteiger partial charge in [0.15, 0.2) is 0 Å². The second-order valence-corrected chi connectivity index (χ2v) is 3.00. The van der Waals surface area contributed by atoms with E-state index in [0.29, 0.717) is 6.54 Å². The van der Waals surface area contributed by atoms with Crippen LogP contribution in [0.15, 0.2) is 24.5 Å². The summed E-state index contributed by atoms with van der Waals surface area (Å²) in [6.07, 6.45) is 7.63. The van der Waals surface area contributed by atoms with E-state index in [1.807, 2.05) is 24.7 Å². The Morgan fingerprint density at radius 2 is 2.50 bits per heavy atom. The number of aryl methyl sites for hydroxylation is 1. The Balaban J connectivity index is 2.29. The van der Waals surface area contributed by atoms with Crippen LogP contribution in [0.25, 0.3) is 0 Å². The lowest BCUT2D eigenvalue weighted by Crippen LogP contribution is -2.24. The summed E-state index contributed by atoms with van der Waals surface area (Å²) in [6.45, 7) is 2.44. The highest BCUT2D eigenvalue weighted by molar-refractivity contribution is 5.87. The molecule has 4 nitrogen and oxygen atoms in total. The average Bonchev–Trinajstić information content (AvgIpc) is 2.52. The van der Waals surface area contributed by atoms with Gasteiger partial charge in [0.2, 0.25) is 5.91 Å². The van der Waals surface area contributed by atoms with E-state index in [4.69, 9.17) is 0 Å². The Morgan fingerprint density at radius 3 is 3.07 bits per heavy atom. The van der Waals surface area contributed by atoms with E-state index in [1.165, 1.54) is 6.08 Å². The number of rotatable bonds is 4. The molecule has 1 aromatic heterocycles. The summed E-state index contributed by atoms with van der Waals surface area (Å²) in [4.78, 5) is 15.2. The molecule has 0 saturated carbocycles. The third-order valence-electron chi connectivity index (χ3n) is 1.89. The molecular formula is C10H15N3O. The molecule has 1 heterocycles. The Bertz CT molecular complexity index is 328. The first-order valence-corrected chi connectivity index (χ1v) is 4.60. The smallest absolute Gasteiger partial charge is 0.243 e. The summed E-state index contributed by atoms with van der Waals surface area (Å²) in [7, 11) is 1.94. The number of carbonyl (C=O) groups excluding carboxylic acids is 1. The number of carbonyl (C=O) groups is 1. The second kappa shape index (κ2) is 5.21. The molecule has 76 valence electrons. The monoisotopic (exact) mass is 193 g/mol. The topological polar surface area (TPSA) is 46.9 Å². The van der Waals surface area contributed by atoms with Crippen LogP contribution < -0.4 is 5.32 Å². The second-order valence-electron chi connectivity index (χ2n) is 3.00. The van der Waals surface area contributed by atoms with Gasteiger partial charge in [-0.1, -0.05) is 6.08 Å². The van der Waals surface area contributed by atoms with E-state index in [2.05, 4.69) is 10.3 Å². The van der Waals surface area contributed by atoms with Gasteiger partial charge in [-0.15, -0.1) is 0 Å². The fourth-order valence-electron chi connectivity index (χ4n) is 1.15. The minimum absolute atomic E-state index is 0.0540. The van der Waals surface area contributed by atoms with Crippen LogP contribution in [0, 0.1) is 0 Å². The molecule has 1 rings (SSSR count). The number of imidazole rings is 1. The molecule has 0 aliphatic rings. The summed E-state index contributed by atoms with van der Waals surface area (Å²) in [5.74, 6) is 0.924. The number of hydrogen-bond acceptors (Lipinski definition) is 2. The van der Waals surface area contributed by atoms with E-state index >= 15 is 0 Å². The highest BCUT2D eigenvalue weighted by Crippen LogP contribution is 1.93. The van der Waals surface area contributed by atoms with Gasteiger partial charge in [0.25, 0.3) is 0 Å². The number of allylic oxidation sites excluding steroid dienone is 1. The molecule has 0 aliphatic heterocycles. The van der Waals surface area contributed by atoms with Crippen LogP contribution in [0.5, 0.6) is 0 Å². The van der Waals surface area contributed by atoms with Crippen molar-refractivity contribution in [2.45, 2.75) is 13.3 Å². The lowest BCUT2D eigenvalue weighted by Gasteiger charge is -2.02. The van der Waals surface area contributed by atoms with Crippen LogP contribution in [0.2, 0.25) is 0 Å². The quantitative estimate of drug-likeness (QED) is 0.714. The van der Waals surface area contributed by atoms with Gasteiger partial charge in [0.1, 0.15) is 5.82 Å². The van der Waals surface area contributed by atoms with Gasteiger partial charge in [-0.3, -0.25) is 4.79 Å². The maximum absolute atomic E-state index is 11.0. The molecule has 1 N–H and O–H groups in total. The van der Waals surface area contributed by atoms with Gasteiger partial charge in [0, 0.05) is 32.4 Å². The first-order chi connectivity index (χ1) is 6.74. The van der Waals surface area contributed by atoms with Crippen molar-refractivity contribution in [2.75, 3.05) is 6.54 Å². The van der Waals surface area contributed by atoms with E-state index in [1.54, 1.807) is 12.3 Å². The first-order valence-electron chi connectivity index (χ1n) is 4.60. The minimum Gasteiger partial charge on any atom is -0.352 e. The molecule has 0 bridgehead atoms. The molecule has 0 saturated heterocycles. The Morgan fingerprint density at radius 1 is 1.71 bits per heavy atom. The van der Waals surface area contributed by atoms with Crippen molar-refractivity contribution in [2.24, 2.45) is 7.05 Å². The fourth-order valence-corrected chi connectivity index (χ4v) is 1.15. The van der Waals surface area contributed by atoms with Crippen molar-refractivity contribution in [1.82, 2.24) is 14.9 Å². The lowest BCUT2D eigenvalue weighted by molar-refractivity contribution is -0.116. The zero-order chi connectivity index (χ0) is 10.4. The molecule has 1 amide bonds. The van der Waals surface area contributed by atoms with Crippen molar-refractivity contribution < 1.29 is 4.79 Å². The highest BCUT2D eigenvalue weighted by Gasteiger charge is 1.99. The minimum atomic E-state index is -0.0540. The van der Waals surface area contributed by atoms with Crippen molar-refractivity contribution in [3.63, 3.8) is 0 Å². The molecule has 0 atom stereocenters. The molecule has 0 radical (unpaired) electrons. The summed E-state index contributed by atoms with van der Waals surface area (Å²) >= 11 is 0. The zero-order valence-electron chi connectivity index (χ0n) is 8.53. The standard InChI is InChI=1S/C10H15N3O/c1-3-4-10(14)12-6-5-9-11-7-8-13(9)2/h3-4,7-8H,5-6H2,1-2H3,(H,12,14)/b4-3+. The van der Waals surface area contributed by atoms with Crippen LogP contribution in [0.4, 0.5) is 0 Å². The van der Waals surface area contributed by atoms with Crippen molar-refractivity contribution in [1.29, 1.82) is 0 Å². The van der Waals surface area contributed by atoms with E-state index in [0.717, 1.165) is 12.2 Å². The summed E-state index contributed by atoms with van der Waals surface area (Å²) in [5, 5.41) is 2.77. The van der Waals surface area contributed by atoms with Crippen LogP contribution in [-0.2, 0) is 18.3 Å². The third-order valence-corrected chi connectivity index (χ3v) is 1.89. The van der Waals surface area contributed by atoms with Crippen LogP contribution in [0.1, 0.15) is 12.7 Å². The van der Waals surface area contributed by atoms with Gasteiger partial charge >= 0.3 is 0 Å². The Labute approximate surface area is 83.6 Å². The number of nitrogens with one attached hydrogen (secondary N) is 1. The molecular weight excluding hydrogens is 178 g/mol. The number of hydrogen-bond donors (Lipinski definition) is 1. The zero-order valence-corrected chi connectivity index (χ0v) is 8.53. The molecule has 1 aromatic rings. The Kier molecular flexibility index (Phi) is 3.91. The van der Waals surface area contributed by atoms with Crippen molar-refractivity contribution in [3.8, 4) is 0 Å². The average molecular weight is 193 g/mol. The van der Waals surface area contributed by atoms with Crippen LogP contribution >= 0.6 is 0 Å². The lowest BCUT2D eigenvalue weighted by atomic mass is 10.4. The van der Waals surface area contributed by atoms with Gasteiger partial charge in [-0.25, -0.2) is 4.98 Å². The van der Waals surface area contributed by atoms with Crippen LogP contribution in [0.3, 0.4) is 0 Å². The molecule has 4 heteroatoms. The van der Waals surface area contributed by atoms with Gasteiger partial charge in [-0.2, -0.15) is 0 Å². The predicted molar refractivity (Wildman–Crippen MR) is 54.7 cm³/mol. The maximum Gasteiger partial charge on any atom is 0.243 e. The van der Waals surface area contributed by atoms with E-state index in [-0.39, 0.29) is 5.91 Å². The highest BCUT2D eigenvalue weighted by atomic mass is 16.1. The van der Waals surface area contributed by atoms with Crippen LogP contribution in [-0.4, -0.2) is 22.0 Å². The van der Waals surface area contributed by atoms with Gasteiger partial charge in [0.05, 0.1) is 0 Å². The number of amides is 1. The molecule has 14 heavy (non-hydrogen) atoms. The van der Waals surface area contributed by atoms with E-state index in [9.17, 15) is 4.79 Å². The van der Waals surface area contributed by atoms with Gasteiger partial charge in [-0.05, 0) is 13.0 Å². The summed E-state index contributed by atoms with van der Waals surface area (Å²) < 4.78 is 1.95. The molecule has 0 aliphatic carbocycles.